The smallest absolute Gasteiger partial charge is 0.340 e. The zero-order valence-corrected chi connectivity index (χ0v) is 24.7. The minimum Gasteiger partial charge on any atom is -0.493 e. The summed E-state index contributed by atoms with van der Waals surface area (Å²) in [5.41, 5.74) is 2.70. The highest BCUT2D eigenvalue weighted by Gasteiger charge is 2.42. The van der Waals surface area contributed by atoms with Gasteiger partial charge in [0, 0.05) is 36.1 Å². The standard InChI is InChI=1S/C33H38F2N2O5/c1-5-33(19-30(38)37(21-33)25-12-13-26(27(35)18-25)32(39)40-4)14-15-36-20-22-16-28(41-6-2)31(29(17-22)42-7-3)23-8-10-24(34)11-9-23/h8-13,16-18,36H,5-7,14-15,19-21H2,1-4H3/p+1. The number of anilines is 1. The van der Waals surface area contributed by atoms with Gasteiger partial charge in [0.05, 0.1) is 38.0 Å². The third kappa shape index (κ3) is 6.90. The summed E-state index contributed by atoms with van der Waals surface area (Å²) in [6.07, 6.45) is 1.99. The molecule has 0 radical (unpaired) electrons. The summed E-state index contributed by atoms with van der Waals surface area (Å²) in [6, 6.07) is 14.5. The second-order valence-electron chi connectivity index (χ2n) is 10.5. The van der Waals surface area contributed by atoms with E-state index in [1.807, 2.05) is 26.0 Å². The Hall–Kier alpha value is -3.98. The molecule has 0 bridgehead atoms. The number of hydrogen-bond acceptors (Lipinski definition) is 5. The number of methoxy groups -OCH3 is 1. The van der Waals surface area contributed by atoms with Crippen molar-refractivity contribution < 1.29 is 37.9 Å². The van der Waals surface area contributed by atoms with Gasteiger partial charge in [0.15, 0.2) is 0 Å². The van der Waals surface area contributed by atoms with Crippen LogP contribution in [-0.2, 0) is 16.1 Å². The summed E-state index contributed by atoms with van der Waals surface area (Å²) in [5.74, 6) is -0.450. The number of carbonyl (C=O) groups is 2. The molecule has 1 heterocycles. The quantitative estimate of drug-likeness (QED) is 0.213. The fourth-order valence-corrected chi connectivity index (χ4v) is 5.54. The van der Waals surface area contributed by atoms with Crippen LogP contribution in [0, 0.1) is 17.0 Å². The van der Waals surface area contributed by atoms with Gasteiger partial charge in [0.25, 0.3) is 0 Å². The summed E-state index contributed by atoms with van der Waals surface area (Å²) in [4.78, 5) is 26.4. The molecule has 9 heteroatoms. The van der Waals surface area contributed by atoms with Crippen molar-refractivity contribution >= 4 is 17.6 Å². The van der Waals surface area contributed by atoms with Crippen LogP contribution in [0.1, 0.15) is 56.0 Å². The minimum absolute atomic E-state index is 0.0545. The molecule has 42 heavy (non-hydrogen) atoms. The molecule has 1 unspecified atom stereocenters. The lowest BCUT2D eigenvalue weighted by molar-refractivity contribution is -0.672. The molecular weight excluding hydrogens is 542 g/mol. The van der Waals surface area contributed by atoms with Gasteiger partial charge in [-0.3, -0.25) is 4.79 Å². The third-order valence-electron chi connectivity index (χ3n) is 7.86. The number of quaternary nitrogens is 1. The lowest BCUT2D eigenvalue weighted by atomic mass is 9.81. The van der Waals surface area contributed by atoms with E-state index in [0.717, 1.165) is 36.1 Å². The highest BCUT2D eigenvalue weighted by molar-refractivity contribution is 5.97. The fraction of sp³-hybridized carbons (Fsp3) is 0.394. The van der Waals surface area contributed by atoms with Gasteiger partial charge in [-0.15, -0.1) is 0 Å². The van der Waals surface area contributed by atoms with Gasteiger partial charge in [-0.05, 0) is 68.3 Å². The van der Waals surface area contributed by atoms with E-state index in [9.17, 15) is 18.4 Å². The van der Waals surface area contributed by atoms with Crippen LogP contribution in [0.15, 0.2) is 54.6 Å². The predicted molar refractivity (Wildman–Crippen MR) is 157 cm³/mol. The molecule has 3 aromatic carbocycles. The van der Waals surface area contributed by atoms with E-state index in [1.165, 1.54) is 31.4 Å². The Bertz CT molecular complexity index is 1390. The second kappa shape index (κ2) is 13.8. The molecule has 3 aromatic rings. The van der Waals surface area contributed by atoms with E-state index in [1.54, 1.807) is 23.1 Å². The Morgan fingerprint density at radius 1 is 0.976 bits per heavy atom. The minimum atomic E-state index is -0.753. The molecule has 0 aromatic heterocycles. The Morgan fingerprint density at radius 3 is 2.21 bits per heavy atom. The van der Waals surface area contributed by atoms with E-state index in [4.69, 9.17) is 9.47 Å². The number of esters is 1. The monoisotopic (exact) mass is 581 g/mol. The van der Waals surface area contributed by atoms with E-state index in [-0.39, 0.29) is 22.7 Å². The number of hydrogen-bond donors (Lipinski definition) is 1. The molecule has 1 amide bonds. The van der Waals surface area contributed by atoms with Crippen LogP contribution in [0.2, 0.25) is 0 Å². The predicted octanol–water partition coefficient (Wildman–Crippen LogP) is 5.50. The molecule has 7 nitrogen and oxygen atoms in total. The number of benzene rings is 3. The summed E-state index contributed by atoms with van der Waals surface area (Å²) < 4.78 is 44.7. The maximum atomic E-state index is 14.6. The van der Waals surface area contributed by atoms with Crippen LogP contribution < -0.4 is 19.7 Å². The third-order valence-corrected chi connectivity index (χ3v) is 7.86. The van der Waals surface area contributed by atoms with Gasteiger partial charge in [-0.25, -0.2) is 13.6 Å². The van der Waals surface area contributed by atoms with Crippen molar-refractivity contribution in [2.45, 2.75) is 46.6 Å². The van der Waals surface area contributed by atoms with Gasteiger partial charge in [0.1, 0.15) is 29.7 Å². The van der Waals surface area contributed by atoms with Crippen LogP contribution in [-0.4, -0.2) is 45.3 Å². The first-order valence-corrected chi connectivity index (χ1v) is 14.4. The summed E-state index contributed by atoms with van der Waals surface area (Å²) in [7, 11) is 1.20. The molecular formula is C33H39F2N2O5+. The molecule has 2 N–H and O–H groups in total. The maximum absolute atomic E-state index is 14.6. The number of rotatable bonds is 13. The Labute approximate surface area is 245 Å². The number of nitrogens with zero attached hydrogens (tertiary/aromatic N) is 1. The van der Waals surface area contributed by atoms with Gasteiger partial charge in [0.2, 0.25) is 5.91 Å². The summed E-state index contributed by atoms with van der Waals surface area (Å²) >= 11 is 0. The van der Waals surface area contributed by atoms with Gasteiger partial charge in [-0.2, -0.15) is 0 Å². The van der Waals surface area contributed by atoms with Crippen LogP contribution in [0.3, 0.4) is 0 Å². The number of amides is 1. The molecule has 0 spiro atoms. The molecule has 0 aliphatic carbocycles. The zero-order chi connectivity index (χ0) is 30.3. The molecule has 1 atom stereocenters. The summed E-state index contributed by atoms with van der Waals surface area (Å²) in [6.45, 7) is 8.84. The van der Waals surface area contributed by atoms with Crippen LogP contribution in [0.4, 0.5) is 14.5 Å². The van der Waals surface area contributed by atoms with Crippen molar-refractivity contribution in [1.29, 1.82) is 0 Å². The molecule has 1 fully saturated rings. The first kappa shape index (κ1) is 31.0. The normalized spacial score (nSPS) is 16.5. The molecule has 1 saturated heterocycles. The topological polar surface area (TPSA) is 81.7 Å². The summed E-state index contributed by atoms with van der Waals surface area (Å²) in [5, 5.41) is 2.20. The average molecular weight is 582 g/mol. The van der Waals surface area contributed by atoms with Gasteiger partial charge in [-0.1, -0.05) is 19.1 Å². The van der Waals surface area contributed by atoms with Crippen molar-refractivity contribution in [3.8, 4) is 22.6 Å². The average Bonchev–Trinajstić information content (AvgIpc) is 3.32. The van der Waals surface area contributed by atoms with Crippen molar-refractivity contribution in [1.82, 2.24) is 0 Å². The van der Waals surface area contributed by atoms with Gasteiger partial charge < -0.3 is 24.4 Å². The van der Waals surface area contributed by atoms with Crippen LogP contribution >= 0.6 is 0 Å². The zero-order valence-electron chi connectivity index (χ0n) is 24.7. The maximum Gasteiger partial charge on any atom is 0.340 e. The lowest BCUT2D eigenvalue weighted by Crippen LogP contribution is -2.83. The molecule has 1 aliphatic rings. The number of halogens is 2. The van der Waals surface area contributed by atoms with Crippen molar-refractivity contribution in [3.63, 3.8) is 0 Å². The van der Waals surface area contributed by atoms with E-state index in [2.05, 4.69) is 17.0 Å². The van der Waals surface area contributed by atoms with E-state index in [0.29, 0.717) is 49.9 Å². The second-order valence-corrected chi connectivity index (χ2v) is 10.5. The fourth-order valence-electron chi connectivity index (χ4n) is 5.54. The number of nitrogens with two attached hydrogens (primary N) is 1. The largest absolute Gasteiger partial charge is 0.493 e. The Morgan fingerprint density at radius 2 is 1.64 bits per heavy atom. The van der Waals surface area contributed by atoms with Crippen molar-refractivity contribution in [3.05, 3.63) is 77.4 Å². The van der Waals surface area contributed by atoms with Crippen LogP contribution in [0.5, 0.6) is 11.5 Å². The van der Waals surface area contributed by atoms with Crippen LogP contribution in [0.25, 0.3) is 11.1 Å². The van der Waals surface area contributed by atoms with E-state index >= 15 is 0 Å². The highest BCUT2D eigenvalue weighted by atomic mass is 19.1. The lowest BCUT2D eigenvalue weighted by Gasteiger charge is -2.27. The van der Waals surface area contributed by atoms with Gasteiger partial charge >= 0.3 is 5.97 Å². The molecule has 0 saturated carbocycles. The highest BCUT2D eigenvalue weighted by Crippen LogP contribution is 2.41. The Kier molecular flexibility index (Phi) is 10.2. The van der Waals surface area contributed by atoms with Crippen molar-refractivity contribution in [2.75, 3.05) is 38.3 Å². The Balaban J connectivity index is 1.45. The molecule has 1 aliphatic heterocycles. The first-order valence-electron chi connectivity index (χ1n) is 14.4. The van der Waals surface area contributed by atoms with E-state index < -0.39 is 11.8 Å². The number of carbonyl (C=O) groups excluding carboxylic acids is 2. The van der Waals surface area contributed by atoms with Crippen molar-refractivity contribution in [2.24, 2.45) is 5.41 Å². The number of ether oxygens (including phenoxy) is 3. The SMILES string of the molecule is CCOc1cc(C[NH2+]CCC2(CC)CC(=O)N(c3ccc(C(=O)OC)c(F)c3)C2)cc(OCC)c1-c1ccc(F)cc1. The first-order chi connectivity index (χ1) is 20.2. The molecule has 224 valence electrons. The molecule has 4 rings (SSSR count).